The molecule has 0 N–H and O–H groups in total. The molecule has 2 aromatic rings. The minimum atomic E-state index is -0.619. The molecule has 0 fully saturated rings. The Morgan fingerprint density at radius 2 is 1.50 bits per heavy atom. The summed E-state index contributed by atoms with van der Waals surface area (Å²) >= 11 is 12.0. The van der Waals surface area contributed by atoms with E-state index in [-0.39, 0.29) is 17.7 Å². The summed E-state index contributed by atoms with van der Waals surface area (Å²) in [5.41, 5.74) is 0.949. The standard InChI is InChI=1S/C22H24Cl2O4/c1-2-3-4-5-8-13-27-21(25)18-9-6-7-10-19(18)22(26)28-15-16-14-17(23)11-12-20(16)24/h6-7,9-12,14H,2-5,8,13,15H2,1H3. The molecular formula is C22H24Cl2O4. The van der Waals surface area contributed by atoms with Gasteiger partial charge in [0.15, 0.2) is 0 Å². The van der Waals surface area contributed by atoms with Crippen LogP contribution in [0.1, 0.15) is 65.3 Å². The first kappa shape index (κ1) is 22.3. The molecule has 0 spiro atoms. The fraction of sp³-hybridized carbons (Fsp3) is 0.364. The number of unbranched alkanes of at least 4 members (excludes halogenated alkanes) is 4. The Balaban J connectivity index is 1.95. The topological polar surface area (TPSA) is 52.6 Å². The highest BCUT2D eigenvalue weighted by Crippen LogP contribution is 2.22. The third kappa shape index (κ3) is 6.84. The van der Waals surface area contributed by atoms with Crippen molar-refractivity contribution in [1.82, 2.24) is 0 Å². The average molecular weight is 423 g/mol. The van der Waals surface area contributed by atoms with Crippen LogP contribution in [0.2, 0.25) is 10.0 Å². The second-order valence-corrected chi connectivity index (χ2v) is 7.25. The van der Waals surface area contributed by atoms with Crippen molar-refractivity contribution in [3.63, 3.8) is 0 Å². The summed E-state index contributed by atoms with van der Waals surface area (Å²) in [6.45, 7) is 2.44. The van der Waals surface area contributed by atoms with Gasteiger partial charge in [-0.2, -0.15) is 0 Å². The molecule has 0 radical (unpaired) electrons. The van der Waals surface area contributed by atoms with Gasteiger partial charge < -0.3 is 9.47 Å². The smallest absolute Gasteiger partial charge is 0.339 e. The molecule has 0 aliphatic carbocycles. The van der Waals surface area contributed by atoms with E-state index in [1.54, 1.807) is 42.5 Å². The molecule has 0 amide bonds. The monoisotopic (exact) mass is 422 g/mol. The average Bonchev–Trinajstić information content (AvgIpc) is 2.70. The molecule has 2 rings (SSSR count). The van der Waals surface area contributed by atoms with Crippen LogP contribution in [0.4, 0.5) is 0 Å². The van der Waals surface area contributed by atoms with Gasteiger partial charge in [-0.1, -0.05) is 67.9 Å². The van der Waals surface area contributed by atoms with Crippen molar-refractivity contribution < 1.29 is 19.1 Å². The first-order chi connectivity index (χ1) is 13.5. The van der Waals surface area contributed by atoms with E-state index >= 15 is 0 Å². The predicted molar refractivity (Wildman–Crippen MR) is 111 cm³/mol. The van der Waals surface area contributed by atoms with Gasteiger partial charge in [-0.25, -0.2) is 9.59 Å². The summed E-state index contributed by atoms with van der Waals surface area (Å²) in [6.07, 6.45) is 5.30. The number of esters is 2. The van der Waals surface area contributed by atoms with E-state index in [0.717, 1.165) is 25.7 Å². The lowest BCUT2D eigenvalue weighted by Crippen LogP contribution is -2.14. The Bertz CT molecular complexity index is 805. The predicted octanol–water partition coefficient (Wildman–Crippen LogP) is 6.48. The summed E-state index contributed by atoms with van der Waals surface area (Å²) in [7, 11) is 0. The zero-order chi connectivity index (χ0) is 20.4. The van der Waals surface area contributed by atoms with Crippen molar-refractivity contribution in [2.45, 2.75) is 45.6 Å². The van der Waals surface area contributed by atoms with Gasteiger partial charge >= 0.3 is 11.9 Å². The Labute approximate surface area is 175 Å². The summed E-state index contributed by atoms with van der Waals surface area (Å²) < 4.78 is 10.6. The van der Waals surface area contributed by atoms with Crippen molar-refractivity contribution in [3.05, 3.63) is 69.2 Å². The lowest BCUT2D eigenvalue weighted by atomic mass is 10.1. The molecule has 2 aromatic carbocycles. The van der Waals surface area contributed by atoms with Crippen molar-refractivity contribution >= 4 is 35.1 Å². The molecular weight excluding hydrogens is 399 g/mol. The number of hydrogen-bond donors (Lipinski definition) is 0. The molecule has 0 aliphatic rings. The molecule has 0 aromatic heterocycles. The van der Waals surface area contributed by atoms with Gasteiger partial charge in [0.1, 0.15) is 6.61 Å². The largest absolute Gasteiger partial charge is 0.462 e. The third-order valence-electron chi connectivity index (χ3n) is 4.21. The number of ether oxygens (including phenoxy) is 2. The zero-order valence-corrected chi connectivity index (χ0v) is 17.4. The SMILES string of the molecule is CCCCCCCOC(=O)c1ccccc1C(=O)OCc1cc(Cl)ccc1Cl. The molecule has 0 saturated heterocycles. The summed E-state index contributed by atoms with van der Waals surface area (Å²) in [4.78, 5) is 24.8. The highest BCUT2D eigenvalue weighted by molar-refractivity contribution is 6.33. The van der Waals surface area contributed by atoms with E-state index in [2.05, 4.69) is 6.92 Å². The van der Waals surface area contributed by atoms with Crippen LogP contribution in [0.3, 0.4) is 0 Å². The fourth-order valence-electron chi connectivity index (χ4n) is 2.66. The molecule has 0 atom stereocenters. The lowest BCUT2D eigenvalue weighted by Gasteiger charge is -2.11. The van der Waals surface area contributed by atoms with Crippen molar-refractivity contribution in [1.29, 1.82) is 0 Å². The van der Waals surface area contributed by atoms with Crippen molar-refractivity contribution in [3.8, 4) is 0 Å². The van der Waals surface area contributed by atoms with E-state index < -0.39 is 11.9 Å². The molecule has 0 aliphatic heterocycles. The Morgan fingerprint density at radius 3 is 2.18 bits per heavy atom. The van der Waals surface area contributed by atoms with Crippen LogP contribution in [0, 0.1) is 0 Å². The maximum atomic E-state index is 12.5. The van der Waals surface area contributed by atoms with Gasteiger partial charge in [-0.05, 0) is 36.8 Å². The maximum Gasteiger partial charge on any atom is 0.339 e. The van der Waals surface area contributed by atoms with E-state index in [9.17, 15) is 9.59 Å². The number of benzene rings is 2. The second-order valence-electron chi connectivity index (χ2n) is 6.41. The van der Waals surface area contributed by atoms with Crippen LogP contribution in [0.5, 0.6) is 0 Å². The van der Waals surface area contributed by atoms with Gasteiger partial charge in [0.2, 0.25) is 0 Å². The first-order valence-electron chi connectivity index (χ1n) is 9.40. The molecule has 0 heterocycles. The maximum absolute atomic E-state index is 12.5. The van der Waals surface area contributed by atoms with Gasteiger partial charge in [0.05, 0.1) is 17.7 Å². The normalized spacial score (nSPS) is 10.5. The molecule has 150 valence electrons. The minimum Gasteiger partial charge on any atom is -0.462 e. The van der Waals surface area contributed by atoms with Crippen LogP contribution >= 0.6 is 23.2 Å². The van der Waals surface area contributed by atoms with Crippen LogP contribution in [-0.4, -0.2) is 18.5 Å². The molecule has 28 heavy (non-hydrogen) atoms. The summed E-state index contributed by atoms with van der Waals surface area (Å²) in [5.74, 6) is -1.14. The summed E-state index contributed by atoms with van der Waals surface area (Å²) in [6, 6.07) is 11.4. The number of halogens is 2. The van der Waals surface area contributed by atoms with E-state index in [1.807, 2.05) is 0 Å². The molecule has 4 nitrogen and oxygen atoms in total. The number of carbonyl (C=O) groups excluding carboxylic acids is 2. The second kappa shape index (κ2) is 11.7. The highest BCUT2D eigenvalue weighted by Gasteiger charge is 2.19. The van der Waals surface area contributed by atoms with Crippen molar-refractivity contribution in [2.75, 3.05) is 6.61 Å². The van der Waals surface area contributed by atoms with Crippen LogP contribution < -0.4 is 0 Å². The lowest BCUT2D eigenvalue weighted by molar-refractivity contribution is 0.0436. The van der Waals surface area contributed by atoms with E-state index in [0.29, 0.717) is 22.2 Å². The third-order valence-corrected chi connectivity index (χ3v) is 4.82. The van der Waals surface area contributed by atoms with Gasteiger partial charge in [0, 0.05) is 15.6 Å². The number of carbonyl (C=O) groups is 2. The molecule has 6 heteroatoms. The fourth-order valence-corrected chi connectivity index (χ4v) is 3.03. The number of rotatable bonds is 10. The van der Waals surface area contributed by atoms with Crippen molar-refractivity contribution in [2.24, 2.45) is 0 Å². The number of hydrogen-bond acceptors (Lipinski definition) is 4. The van der Waals surface area contributed by atoms with E-state index in [4.69, 9.17) is 32.7 Å². The van der Waals surface area contributed by atoms with Gasteiger partial charge in [-0.3, -0.25) is 0 Å². The van der Waals surface area contributed by atoms with Crippen LogP contribution in [0.25, 0.3) is 0 Å². The highest BCUT2D eigenvalue weighted by atomic mass is 35.5. The molecule has 0 unspecified atom stereocenters. The molecule has 0 bridgehead atoms. The Morgan fingerprint density at radius 1 is 0.857 bits per heavy atom. The van der Waals surface area contributed by atoms with Gasteiger partial charge in [0.25, 0.3) is 0 Å². The Kier molecular flexibility index (Phi) is 9.32. The van der Waals surface area contributed by atoms with Crippen LogP contribution in [0.15, 0.2) is 42.5 Å². The summed E-state index contributed by atoms with van der Waals surface area (Å²) in [5, 5.41) is 0.950. The minimum absolute atomic E-state index is 0.0426. The zero-order valence-electron chi connectivity index (χ0n) is 15.9. The van der Waals surface area contributed by atoms with Gasteiger partial charge in [-0.15, -0.1) is 0 Å². The van der Waals surface area contributed by atoms with Crippen LogP contribution in [-0.2, 0) is 16.1 Å². The Hall–Kier alpha value is -2.04. The van der Waals surface area contributed by atoms with E-state index in [1.165, 1.54) is 6.42 Å². The first-order valence-corrected chi connectivity index (χ1v) is 10.2. The molecule has 0 saturated carbocycles. The quantitative estimate of drug-likeness (QED) is 0.324.